The molecule has 0 aromatic heterocycles. The summed E-state index contributed by atoms with van der Waals surface area (Å²) >= 11 is 0. The first kappa shape index (κ1) is 15.0. The number of hydrogen-bond acceptors (Lipinski definition) is 2. The molecule has 2 N–H and O–H groups in total. The largest absolute Gasteiger partial charge is 0.336 e. The minimum atomic E-state index is -0.0185. The minimum Gasteiger partial charge on any atom is -0.336 e. The van der Waals surface area contributed by atoms with Gasteiger partial charge in [0.05, 0.1) is 0 Å². The average Bonchev–Trinajstić information content (AvgIpc) is 3.22. The van der Waals surface area contributed by atoms with E-state index >= 15 is 0 Å². The lowest BCUT2D eigenvalue weighted by atomic mass is 9.83. The lowest BCUT2D eigenvalue weighted by molar-refractivity contribution is 0.0739. The van der Waals surface area contributed by atoms with Gasteiger partial charge >= 0.3 is 0 Å². The first-order valence-corrected chi connectivity index (χ1v) is 7.55. The van der Waals surface area contributed by atoms with Gasteiger partial charge in [-0.25, -0.2) is 0 Å². The van der Waals surface area contributed by atoms with Gasteiger partial charge in [-0.1, -0.05) is 39.0 Å². The summed E-state index contributed by atoms with van der Waals surface area (Å²) in [5.74, 6) is 0.173. The molecule has 1 aromatic carbocycles. The molecule has 0 bridgehead atoms. The van der Waals surface area contributed by atoms with Gasteiger partial charge in [-0.3, -0.25) is 4.79 Å². The van der Waals surface area contributed by atoms with E-state index in [4.69, 9.17) is 5.73 Å². The van der Waals surface area contributed by atoms with Crippen LogP contribution in [0.2, 0.25) is 0 Å². The Morgan fingerprint density at radius 2 is 1.95 bits per heavy atom. The molecule has 0 heterocycles. The fourth-order valence-corrected chi connectivity index (χ4v) is 2.58. The molecule has 1 saturated carbocycles. The Kier molecular flexibility index (Phi) is 4.48. The highest BCUT2D eigenvalue weighted by atomic mass is 16.2. The van der Waals surface area contributed by atoms with Crippen LogP contribution in [0.25, 0.3) is 0 Å². The molecule has 0 spiro atoms. The SMILES string of the molecule is CC(C)(C)c1ccccc1C(=O)N(CCCN)C1CC1. The molecule has 110 valence electrons. The molecule has 0 aliphatic heterocycles. The number of carbonyl (C=O) groups excluding carboxylic acids is 1. The second-order valence-electron chi connectivity index (χ2n) is 6.67. The molecule has 0 saturated heterocycles. The van der Waals surface area contributed by atoms with Gasteiger partial charge in [-0.2, -0.15) is 0 Å². The lowest BCUT2D eigenvalue weighted by Crippen LogP contribution is -2.36. The molecule has 0 unspecified atom stereocenters. The molecule has 1 fully saturated rings. The van der Waals surface area contributed by atoms with Crippen LogP contribution in [0.15, 0.2) is 24.3 Å². The number of rotatable bonds is 5. The van der Waals surface area contributed by atoms with E-state index in [0.717, 1.165) is 36.9 Å². The summed E-state index contributed by atoms with van der Waals surface area (Å²) in [5.41, 5.74) is 7.56. The average molecular weight is 274 g/mol. The molecule has 1 aromatic rings. The second kappa shape index (κ2) is 5.96. The summed E-state index contributed by atoms with van der Waals surface area (Å²) in [6.07, 6.45) is 3.14. The Balaban J connectivity index is 2.27. The summed E-state index contributed by atoms with van der Waals surface area (Å²) in [6, 6.07) is 8.43. The van der Waals surface area contributed by atoms with Crippen molar-refractivity contribution in [3.05, 3.63) is 35.4 Å². The zero-order valence-electron chi connectivity index (χ0n) is 12.9. The van der Waals surface area contributed by atoms with Crippen molar-refractivity contribution in [2.75, 3.05) is 13.1 Å². The number of nitrogens with zero attached hydrogens (tertiary/aromatic N) is 1. The Labute approximate surface area is 122 Å². The van der Waals surface area contributed by atoms with Crippen molar-refractivity contribution in [1.82, 2.24) is 4.90 Å². The van der Waals surface area contributed by atoms with Crippen molar-refractivity contribution >= 4 is 5.91 Å². The molecule has 1 aliphatic carbocycles. The van der Waals surface area contributed by atoms with Crippen LogP contribution >= 0.6 is 0 Å². The van der Waals surface area contributed by atoms with Crippen LogP contribution in [0, 0.1) is 0 Å². The number of hydrogen-bond donors (Lipinski definition) is 1. The van der Waals surface area contributed by atoms with Crippen LogP contribution in [0.3, 0.4) is 0 Å². The lowest BCUT2D eigenvalue weighted by Gasteiger charge is -2.27. The Bertz CT molecular complexity index is 472. The third-order valence-electron chi connectivity index (χ3n) is 3.82. The molecule has 3 nitrogen and oxygen atoms in total. The van der Waals surface area contributed by atoms with E-state index < -0.39 is 0 Å². The summed E-state index contributed by atoms with van der Waals surface area (Å²) in [7, 11) is 0. The van der Waals surface area contributed by atoms with E-state index in [-0.39, 0.29) is 11.3 Å². The van der Waals surface area contributed by atoms with E-state index in [1.165, 1.54) is 0 Å². The van der Waals surface area contributed by atoms with Crippen LogP contribution in [-0.2, 0) is 5.41 Å². The van der Waals surface area contributed by atoms with E-state index in [1.807, 2.05) is 23.1 Å². The number of benzene rings is 1. The van der Waals surface area contributed by atoms with Crippen molar-refractivity contribution in [3.63, 3.8) is 0 Å². The topological polar surface area (TPSA) is 46.3 Å². The van der Waals surface area contributed by atoms with Crippen molar-refractivity contribution in [2.24, 2.45) is 5.73 Å². The molecule has 1 aliphatic rings. The summed E-state index contributed by atoms with van der Waals surface area (Å²) in [4.78, 5) is 14.9. The minimum absolute atomic E-state index is 0.0185. The maximum absolute atomic E-state index is 12.9. The van der Waals surface area contributed by atoms with Gasteiger partial charge in [0.2, 0.25) is 0 Å². The molecule has 0 radical (unpaired) electrons. The summed E-state index contributed by atoms with van der Waals surface area (Å²) in [6.45, 7) is 7.87. The molecule has 3 heteroatoms. The molecule has 2 rings (SSSR count). The number of amides is 1. The second-order valence-corrected chi connectivity index (χ2v) is 6.67. The van der Waals surface area contributed by atoms with Crippen molar-refractivity contribution in [1.29, 1.82) is 0 Å². The van der Waals surface area contributed by atoms with Crippen molar-refractivity contribution in [2.45, 2.75) is 51.5 Å². The van der Waals surface area contributed by atoms with Gasteiger partial charge in [0.25, 0.3) is 5.91 Å². The standard InChI is InChI=1S/C17H26N2O/c1-17(2,3)15-8-5-4-7-14(15)16(20)19(12-6-11-18)13-9-10-13/h4-5,7-8,13H,6,9-12,18H2,1-3H3. The van der Waals surface area contributed by atoms with Gasteiger partial charge in [-0.15, -0.1) is 0 Å². The van der Waals surface area contributed by atoms with E-state index in [1.54, 1.807) is 0 Å². The highest BCUT2D eigenvalue weighted by molar-refractivity contribution is 5.96. The Morgan fingerprint density at radius 3 is 2.50 bits per heavy atom. The number of carbonyl (C=O) groups is 1. The Hall–Kier alpha value is -1.35. The predicted octanol–water partition coefficient (Wildman–Crippen LogP) is 2.94. The summed E-state index contributed by atoms with van der Waals surface area (Å²) < 4.78 is 0. The Morgan fingerprint density at radius 1 is 1.30 bits per heavy atom. The fourth-order valence-electron chi connectivity index (χ4n) is 2.58. The van der Waals surface area contributed by atoms with Crippen molar-refractivity contribution in [3.8, 4) is 0 Å². The third-order valence-corrected chi connectivity index (χ3v) is 3.82. The first-order valence-electron chi connectivity index (χ1n) is 7.55. The fraction of sp³-hybridized carbons (Fsp3) is 0.588. The van der Waals surface area contributed by atoms with Crippen molar-refractivity contribution < 1.29 is 4.79 Å². The van der Waals surface area contributed by atoms with E-state index in [9.17, 15) is 4.79 Å². The monoisotopic (exact) mass is 274 g/mol. The smallest absolute Gasteiger partial charge is 0.254 e. The van der Waals surface area contributed by atoms with E-state index in [0.29, 0.717) is 12.6 Å². The molecular weight excluding hydrogens is 248 g/mol. The summed E-state index contributed by atoms with van der Waals surface area (Å²) in [5, 5.41) is 0. The van der Waals surface area contributed by atoms with Crippen LogP contribution in [0.5, 0.6) is 0 Å². The normalized spacial score (nSPS) is 15.2. The highest BCUT2D eigenvalue weighted by Crippen LogP contribution is 2.31. The molecule has 20 heavy (non-hydrogen) atoms. The quantitative estimate of drug-likeness (QED) is 0.897. The molecule has 0 atom stereocenters. The van der Waals surface area contributed by atoms with Gasteiger partial charge in [0, 0.05) is 18.2 Å². The van der Waals surface area contributed by atoms with Crippen LogP contribution in [0.4, 0.5) is 0 Å². The van der Waals surface area contributed by atoms with Gasteiger partial charge in [0.1, 0.15) is 0 Å². The maximum Gasteiger partial charge on any atom is 0.254 e. The van der Waals surface area contributed by atoms with Crippen LogP contribution in [0.1, 0.15) is 56.0 Å². The van der Waals surface area contributed by atoms with Crippen LogP contribution < -0.4 is 5.73 Å². The van der Waals surface area contributed by atoms with E-state index in [2.05, 4.69) is 26.8 Å². The molecule has 1 amide bonds. The zero-order chi connectivity index (χ0) is 14.8. The first-order chi connectivity index (χ1) is 9.45. The van der Waals surface area contributed by atoms with Gasteiger partial charge in [-0.05, 0) is 42.9 Å². The maximum atomic E-state index is 12.9. The van der Waals surface area contributed by atoms with Gasteiger partial charge in [0.15, 0.2) is 0 Å². The number of nitrogens with two attached hydrogens (primary N) is 1. The van der Waals surface area contributed by atoms with Crippen LogP contribution in [-0.4, -0.2) is 29.9 Å². The highest BCUT2D eigenvalue weighted by Gasteiger charge is 2.34. The third kappa shape index (κ3) is 3.40. The zero-order valence-corrected chi connectivity index (χ0v) is 12.9. The molecular formula is C17H26N2O. The predicted molar refractivity (Wildman–Crippen MR) is 82.9 cm³/mol. The van der Waals surface area contributed by atoms with Gasteiger partial charge < -0.3 is 10.6 Å².